The van der Waals surface area contributed by atoms with Gasteiger partial charge in [-0.2, -0.15) is 0 Å². The highest BCUT2D eigenvalue weighted by Gasteiger charge is 2.08. The van der Waals surface area contributed by atoms with Crippen LogP contribution in [0.4, 0.5) is 0 Å². The largest absolute Gasteiger partial charge is 0.289 e. The lowest BCUT2D eigenvalue weighted by Crippen LogP contribution is -2.03. The standard InChI is InChI=1S/C17H20O/c1-5-9-13-15(11-7-3)17(18)16(12-8-4)14-10-6-2/h5-14H,1,3H2,2,4H3/b10-6-,12-8-,13-9-,15-11+,16-14+. The zero-order valence-corrected chi connectivity index (χ0v) is 11.1. The molecule has 0 fully saturated rings. The predicted molar refractivity (Wildman–Crippen MR) is 80.3 cm³/mol. The number of hydrogen-bond donors (Lipinski definition) is 0. The number of hydrogen-bond acceptors (Lipinski definition) is 1. The molecule has 0 N–H and O–H groups in total. The molecule has 1 heteroatoms. The first-order chi connectivity index (χ1) is 8.71. The van der Waals surface area contributed by atoms with Crippen molar-refractivity contribution in [1.29, 1.82) is 0 Å². The molecule has 0 aromatic rings. The van der Waals surface area contributed by atoms with Crippen LogP contribution in [0.2, 0.25) is 0 Å². The Bertz CT molecular complexity index is 436. The molecule has 0 radical (unpaired) electrons. The molecule has 0 amide bonds. The number of carbonyl (C=O) groups excluding carboxylic acids is 1. The van der Waals surface area contributed by atoms with Gasteiger partial charge in [0.1, 0.15) is 0 Å². The zero-order chi connectivity index (χ0) is 13.8. The van der Waals surface area contributed by atoms with E-state index >= 15 is 0 Å². The molecule has 0 aromatic carbocycles. The Hall–Kier alpha value is -2.15. The lowest BCUT2D eigenvalue weighted by atomic mass is 10.0. The number of rotatable bonds is 7. The van der Waals surface area contributed by atoms with Gasteiger partial charge >= 0.3 is 0 Å². The maximum Gasteiger partial charge on any atom is 0.193 e. The maximum atomic E-state index is 12.3. The van der Waals surface area contributed by atoms with Gasteiger partial charge < -0.3 is 0 Å². The fourth-order valence-electron chi connectivity index (χ4n) is 1.26. The third-order valence-corrected chi connectivity index (χ3v) is 2.05. The van der Waals surface area contributed by atoms with Crippen molar-refractivity contribution in [1.82, 2.24) is 0 Å². The van der Waals surface area contributed by atoms with Crippen molar-refractivity contribution in [3.05, 3.63) is 85.1 Å². The third kappa shape index (κ3) is 5.80. The van der Waals surface area contributed by atoms with E-state index in [0.29, 0.717) is 11.1 Å². The second-order valence-electron chi connectivity index (χ2n) is 3.43. The Morgan fingerprint density at radius 3 is 2.00 bits per heavy atom. The van der Waals surface area contributed by atoms with E-state index in [2.05, 4.69) is 13.2 Å². The van der Waals surface area contributed by atoms with Gasteiger partial charge in [-0.1, -0.05) is 73.9 Å². The zero-order valence-electron chi connectivity index (χ0n) is 11.1. The van der Waals surface area contributed by atoms with Crippen LogP contribution in [0.1, 0.15) is 13.8 Å². The van der Waals surface area contributed by atoms with Crippen LogP contribution in [-0.2, 0) is 4.79 Å². The molecule has 0 saturated carbocycles. The molecule has 0 atom stereocenters. The Morgan fingerprint density at radius 1 is 0.833 bits per heavy atom. The van der Waals surface area contributed by atoms with E-state index in [-0.39, 0.29) is 5.78 Å². The molecule has 0 aliphatic rings. The molecule has 0 spiro atoms. The monoisotopic (exact) mass is 240 g/mol. The van der Waals surface area contributed by atoms with Gasteiger partial charge in [-0.25, -0.2) is 0 Å². The molecule has 0 aliphatic carbocycles. The fourth-order valence-corrected chi connectivity index (χ4v) is 1.26. The number of carbonyl (C=O) groups is 1. The lowest BCUT2D eigenvalue weighted by molar-refractivity contribution is -0.111. The minimum absolute atomic E-state index is 0.0378. The highest BCUT2D eigenvalue weighted by atomic mass is 16.1. The van der Waals surface area contributed by atoms with Gasteiger partial charge in [-0.15, -0.1) is 0 Å². The van der Waals surface area contributed by atoms with Crippen molar-refractivity contribution >= 4 is 5.78 Å². The van der Waals surface area contributed by atoms with Crippen LogP contribution in [0, 0.1) is 0 Å². The molecule has 0 aromatic heterocycles. The Balaban J connectivity index is 5.38. The van der Waals surface area contributed by atoms with E-state index in [1.807, 2.05) is 32.1 Å². The normalized spacial score (nSPS) is 13.7. The van der Waals surface area contributed by atoms with Crippen LogP contribution in [0.15, 0.2) is 85.1 Å². The second kappa shape index (κ2) is 10.0. The molecular weight excluding hydrogens is 220 g/mol. The highest BCUT2D eigenvalue weighted by molar-refractivity contribution is 6.12. The van der Waals surface area contributed by atoms with Crippen molar-refractivity contribution in [2.24, 2.45) is 0 Å². The van der Waals surface area contributed by atoms with Crippen molar-refractivity contribution < 1.29 is 4.79 Å². The predicted octanol–water partition coefficient (Wildman–Crippen LogP) is 4.49. The van der Waals surface area contributed by atoms with Crippen molar-refractivity contribution in [2.75, 3.05) is 0 Å². The van der Waals surface area contributed by atoms with E-state index in [4.69, 9.17) is 0 Å². The van der Waals surface area contributed by atoms with Crippen molar-refractivity contribution in [2.45, 2.75) is 13.8 Å². The Labute approximate surface area is 110 Å². The molecule has 1 nitrogen and oxygen atoms in total. The molecule has 18 heavy (non-hydrogen) atoms. The summed E-state index contributed by atoms with van der Waals surface area (Å²) in [5.41, 5.74) is 1.22. The summed E-state index contributed by atoms with van der Waals surface area (Å²) in [6.07, 6.45) is 17.5. The minimum Gasteiger partial charge on any atom is -0.289 e. The van der Waals surface area contributed by atoms with E-state index < -0.39 is 0 Å². The van der Waals surface area contributed by atoms with Crippen LogP contribution in [0.25, 0.3) is 0 Å². The van der Waals surface area contributed by atoms with Crippen LogP contribution >= 0.6 is 0 Å². The SMILES string of the molecule is C=C/C=C\C(=C/C=C)C(=O)C(/C=C\C)=C/C=C\C. The van der Waals surface area contributed by atoms with Crippen LogP contribution in [0.3, 0.4) is 0 Å². The fraction of sp³-hybridized carbons (Fsp3) is 0.118. The topological polar surface area (TPSA) is 17.1 Å². The summed E-state index contributed by atoms with van der Waals surface area (Å²) in [6, 6.07) is 0. The number of ketones is 1. The summed E-state index contributed by atoms with van der Waals surface area (Å²) in [6.45, 7) is 11.0. The van der Waals surface area contributed by atoms with Gasteiger partial charge in [0.15, 0.2) is 5.78 Å². The second-order valence-corrected chi connectivity index (χ2v) is 3.43. The summed E-state index contributed by atoms with van der Waals surface area (Å²) in [4.78, 5) is 12.3. The lowest BCUT2D eigenvalue weighted by Gasteiger charge is -2.01. The minimum atomic E-state index is -0.0378. The first-order valence-electron chi connectivity index (χ1n) is 5.83. The number of allylic oxidation sites excluding steroid dienone is 12. The average Bonchev–Trinajstić information content (AvgIpc) is 2.38. The van der Waals surface area contributed by atoms with Gasteiger partial charge in [0.05, 0.1) is 0 Å². The Morgan fingerprint density at radius 2 is 1.50 bits per heavy atom. The molecular formula is C17H20O. The molecule has 0 unspecified atom stereocenters. The van der Waals surface area contributed by atoms with Crippen LogP contribution in [-0.4, -0.2) is 5.78 Å². The molecule has 0 bridgehead atoms. The first-order valence-corrected chi connectivity index (χ1v) is 5.83. The van der Waals surface area contributed by atoms with E-state index in [0.717, 1.165) is 0 Å². The van der Waals surface area contributed by atoms with E-state index in [1.165, 1.54) is 0 Å². The summed E-state index contributed by atoms with van der Waals surface area (Å²) in [5.74, 6) is -0.0378. The Kier molecular flexibility index (Phi) is 8.83. The molecule has 0 aliphatic heterocycles. The quantitative estimate of drug-likeness (QED) is 0.473. The first kappa shape index (κ1) is 15.9. The third-order valence-electron chi connectivity index (χ3n) is 2.05. The van der Waals surface area contributed by atoms with Gasteiger partial charge in [0, 0.05) is 11.1 Å². The average molecular weight is 240 g/mol. The van der Waals surface area contributed by atoms with Crippen LogP contribution in [0.5, 0.6) is 0 Å². The number of Topliss-reactive ketones (excluding diaryl/α,β-unsaturated/α-hetero) is 1. The highest BCUT2D eigenvalue weighted by Crippen LogP contribution is 2.10. The smallest absolute Gasteiger partial charge is 0.193 e. The van der Waals surface area contributed by atoms with Crippen molar-refractivity contribution in [3.8, 4) is 0 Å². The summed E-state index contributed by atoms with van der Waals surface area (Å²) in [5, 5.41) is 0. The summed E-state index contributed by atoms with van der Waals surface area (Å²) >= 11 is 0. The van der Waals surface area contributed by atoms with Crippen LogP contribution < -0.4 is 0 Å². The van der Waals surface area contributed by atoms with E-state index in [9.17, 15) is 4.79 Å². The molecule has 0 saturated heterocycles. The van der Waals surface area contributed by atoms with Gasteiger partial charge in [0.25, 0.3) is 0 Å². The molecule has 94 valence electrons. The molecule has 0 heterocycles. The van der Waals surface area contributed by atoms with Crippen molar-refractivity contribution in [3.63, 3.8) is 0 Å². The van der Waals surface area contributed by atoms with E-state index in [1.54, 1.807) is 42.5 Å². The molecule has 0 rings (SSSR count). The van der Waals surface area contributed by atoms with Gasteiger partial charge in [0.2, 0.25) is 0 Å². The maximum absolute atomic E-state index is 12.3. The van der Waals surface area contributed by atoms with Gasteiger partial charge in [-0.3, -0.25) is 4.79 Å². The summed E-state index contributed by atoms with van der Waals surface area (Å²) in [7, 11) is 0. The summed E-state index contributed by atoms with van der Waals surface area (Å²) < 4.78 is 0. The van der Waals surface area contributed by atoms with Gasteiger partial charge in [-0.05, 0) is 13.8 Å².